The van der Waals surface area contributed by atoms with E-state index in [-0.39, 0.29) is 11.1 Å². The highest BCUT2D eigenvalue weighted by Gasteiger charge is 2.39. The molecule has 0 radical (unpaired) electrons. The summed E-state index contributed by atoms with van der Waals surface area (Å²) in [4.78, 5) is 11.7. The van der Waals surface area contributed by atoms with Crippen molar-refractivity contribution in [3.05, 3.63) is 36.7 Å². The first-order valence-corrected chi connectivity index (χ1v) is 16.0. The number of nitrogens with two attached hydrogens (primary N) is 1. The normalized spacial score (nSPS) is 17.7. The molecule has 10 heteroatoms. The molecule has 2 atom stereocenters. The van der Waals surface area contributed by atoms with Crippen LogP contribution >= 0.6 is 0 Å². The SMILES string of the molecule is C[C@H](N)COc1ccc2ncc(-c3cc4c(N5CCC[C@@H]5CO[Si](C)(C)C(C)(C)C)nccc4o3)n2n1. The quantitative estimate of drug-likeness (QED) is 0.313. The minimum Gasteiger partial charge on any atom is -0.475 e. The van der Waals surface area contributed by atoms with E-state index >= 15 is 0 Å². The van der Waals surface area contributed by atoms with Gasteiger partial charge in [0, 0.05) is 24.8 Å². The molecule has 0 aromatic carbocycles. The molecule has 37 heavy (non-hydrogen) atoms. The summed E-state index contributed by atoms with van der Waals surface area (Å²) in [6.07, 6.45) is 5.81. The number of imidazole rings is 1. The smallest absolute Gasteiger partial charge is 0.231 e. The molecular weight excluding hydrogens is 484 g/mol. The number of fused-ring (bicyclic) bond motifs is 2. The lowest BCUT2D eigenvalue weighted by molar-refractivity contribution is 0.263. The van der Waals surface area contributed by atoms with Crippen molar-refractivity contribution in [2.45, 2.75) is 70.8 Å². The van der Waals surface area contributed by atoms with E-state index in [0.29, 0.717) is 29.9 Å². The van der Waals surface area contributed by atoms with E-state index in [0.717, 1.165) is 48.5 Å². The number of ether oxygens (including phenoxy) is 1. The van der Waals surface area contributed by atoms with Gasteiger partial charge in [-0.1, -0.05) is 20.8 Å². The average Bonchev–Trinajstić information content (AvgIpc) is 3.57. The molecule has 0 spiro atoms. The number of rotatable bonds is 8. The molecule has 0 amide bonds. The van der Waals surface area contributed by atoms with E-state index < -0.39 is 8.32 Å². The second-order valence-corrected chi connectivity index (χ2v) is 16.4. The summed E-state index contributed by atoms with van der Waals surface area (Å²) in [5.41, 5.74) is 8.08. The number of nitrogens with zero attached hydrogens (tertiary/aromatic N) is 5. The Morgan fingerprint density at radius 2 is 2.03 bits per heavy atom. The minimum absolute atomic E-state index is 0.0808. The van der Waals surface area contributed by atoms with E-state index in [1.807, 2.05) is 31.3 Å². The lowest BCUT2D eigenvalue weighted by Crippen LogP contribution is -2.45. The molecule has 0 saturated carbocycles. The van der Waals surface area contributed by atoms with Crippen LogP contribution in [0.5, 0.6) is 5.88 Å². The number of pyridine rings is 1. The molecule has 1 aliphatic heterocycles. The van der Waals surface area contributed by atoms with E-state index in [4.69, 9.17) is 24.3 Å². The minimum atomic E-state index is -1.83. The molecule has 1 aliphatic rings. The highest BCUT2D eigenvalue weighted by Crippen LogP contribution is 2.39. The van der Waals surface area contributed by atoms with Gasteiger partial charge in [-0.05, 0) is 56.1 Å². The van der Waals surface area contributed by atoms with Crippen molar-refractivity contribution in [3.63, 3.8) is 0 Å². The van der Waals surface area contributed by atoms with E-state index in [1.54, 1.807) is 16.8 Å². The van der Waals surface area contributed by atoms with Gasteiger partial charge in [-0.3, -0.25) is 0 Å². The molecule has 5 heterocycles. The van der Waals surface area contributed by atoms with Gasteiger partial charge < -0.3 is 24.2 Å². The topological polar surface area (TPSA) is 104 Å². The standard InChI is InChI=1S/C27H38N6O3Si/c1-18(28)16-34-25-10-9-24-30-15-21(33(24)31-25)23-14-20-22(36-23)11-12-29-26(20)32-13-7-8-19(32)17-35-37(5,6)27(2,3)4/h9-12,14-15,18-19H,7-8,13,16-17,28H2,1-6H3/t18-,19+/m0/s1. The zero-order valence-corrected chi connectivity index (χ0v) is 23.7. The Morgan fingerprint density at radius 1 is 1.22 bits per heavy atom. The molecule has 0 bridgehead atoms. The fraction of sp³-hybridized carbons (Fsp3) is 0.519. The maximum absolute atomic E-state index is 6.61. The van der Waals surface area contributed by atoms with Gasteiger partial charge in [-0.25, -0.2) is 14.5 Å². The summed E-state index contributed by atoms with van der Waals surface area (Å²) in [6.45, 7) is 15.4. The van der Waals surface area contributed by atoms with E-state index in [9.17, 15) is 0 Å². The van der Waals surface area contributed by atoms with Crippen LogP contribution in [0.1, 0.15) is 40.5 Å². The molecule has 0 unspecified atom stereocenters. The third kappa shape index (κ3) is 5.10. The molecule has 4 aromatic rings. The van der Waals surface area contributed by atoms with Crippen molar-refractivity contribution in [1.82, 2.24) is 19.6 Å². The van der Waals surface area contributed by atoms with Crippen LogP contribution in [0, 0.1) is 0 Å². The Hall–Kier alpha value is -2.95. The first-order chi connectivity index (χ1) is 17.5. The second-order valence-electron chi connectivity index (χ2n) is 11.6. The highest BCUT2D eigenvalue weighted by molar-refractivity contribution is 6.74. The molecule has 4 aromatic heterocycles. The largest absolute Gasteiger partial charge is 0.475 e. The average molecular weight is 523 g/mol. The summed E-state index contributed by atoms with van der Waals surface area (Å²) in [7, 11) is -1.83. The van der Waals surface area contributed by atoms with Crippen molar-refractivity contribution < 1.29 is 13.6 Å². The summed E-state index contributed by atoms with van der Waals surface area (Å²) in [6, 6.07) is 7.85. The van der Waals surface area contributed by atoms with Crippen LogP contribution in [0.3, 0.4) is 0 Å². The van der Waals surface area contributed by atoms with Gasteiger partial charge in [-0.2, -0.15) is 0 Å². The predicted molar refractivity (Wildman–Crippen MR) is 149 cm³/mol. The highest BCUT2D eigenvalue weighted by atomic mass is 28.4. The first kappa shape index (κ1) is 25.7. The van der Waals surface area contributed by atoms with Crippen molar-refractivity contribution in [2.75, 3.05) is 24.7 Å². The summed E-state index contributed by atoms with van der Waals surface area (Å²) >= 11 is 0. The third-order valence-corrected chi connectivity index (χ3v) is 12.1. The second kappa shape index (κ2) is 9.73. The fourth-order valence-electron chi connectivity index (χ4n) is 4.43. The van der Waals surface area contributed by atoms with E-state index in [1.165, 1.54) is 0 Å². The van der Waals surface area contributed by atoms with Gasteiger partial charge in [-0.15, -0.1) is 5.10 Å². The summed E-state index contributed by atoms with van der Waals surface area (Å²) in [5.74, 6) is 2.11. The van der Waals surface area contributed by atoms with Crippen LogP contribution in [0.4, 0.5) is 5.82 Å². The molecule has 198 valence electrons. The maximum Gasteiger partial charge on any atom is 0.231 e. The molecular formula is C27H38N6O3Si. The van der Waals surface area contributed by atoms with Crippen LogP contribution in [0.15, 0.2) is 41.1 Å². The fourth-order valence-corrected chi connectivity index (χ4v) is 5.47. The number of furan rings is 1. The van der Waals surface area contributed by atoms with Crippen molar-refractivity contribution in [2.24, 2.45) is 5.73 Å². The van der Waals surface area contributed by atoms with Gasteiger partial charge in [0.1, 0.15) is 23.7 Å². The Labute approximate surface area is 219 Å². The van der Waals surface area contributed by atoms with Crippen LogP contribution in [0.2, 0.25) is 18.1 Å². The molecule has 9 nitrogen and oxygen atoms in total. The zero-order valence-electron chi connectivity index (χ0n) is 22.7. The van der Waals surface area contributed by atoms with Crippen LogP contribution in [0.25, 0.3) is 28.1 Å². The Morgan fingerprint density at radius 3 is 2.78 bits per heavy atom. The molecule has 2 N–H and O–H groups in total. The van der Waals surface area contributed by atoms with Crippen LogP contribution in [-0.2, 0) is 4.43 Å². The number of hydrogen-bond acceptors (Lipinski definition) is 8. The predicted octanol–water partition coefficient (Wildman–Crippen LogP) is 5.25. The Balaban J connectivity index is 1.44. The lowest BCUT2D eigenvalue weighted by atomic mass is 10.2. The van der Waals surface area contributed by atoms with Gasteiger partial charge >= 0.3 is 0 Å². The Bertz CT molecular complexity index is 1390. The van der Waals surface area contributed by atoms with Gasteiger partial charge in [0.05, 0.1) is 24.2 Å². The number of anilines is 1. The molecule has 1 fully saturated rings. The molecule has 0 aliphatic carbocycles. The third-order valence-electron chi connectivity index (χ3n) is 7.60. The van der Waals surface area contributed by atoms with Crippen molar-refractivity contribution in [1.29, 1.82) is 0 Å². The summed E-state index contributed by atoms with van der Waals surface area (Å²) in [5, 5.41) is 5.78. The van der Waals surface area contributed by atoms with Crippen LogP contribution in [-0.4, -0.2) is 59.7 Å². The van der Waals surface area contributed by atoms with Crippen molar-refractivity contribution >= 4 is 30.8 Å². The summed E-state index contributed by atoms with van der Waals surface area (Å²) < 4.78 is 20.4. The van der Waals surface area contributed by atoms with Gasteiger partial charge in [0.2, 0.25) is 5.88 Å². The van der Waals surface area contributed by atoms with Gasteiger partial charge in [0.25, 0.3) is 0 Å². The maximum atomic E-state index is 6.61. The van der Waals surface area contributed by atoms with Crippen molar-refractivity contribution in [3.8, 4) is 17.3 Å². The Kier molecular flexibility index (Phi) is 6.76. The van der Waals surface area contributed by atoms with E-state index in [2.05, 4.69) is 48.8 Å². The zero-order chi connectivity index (χ0) is 26.4. The number of hydrogen-bond donors (Lipinski definition) is 1. The number of aromatic nitrogens is 4. The molecule has 5 rings (SSSR count). The lowest BCUT2D eigenvalue weighted by Gasteiger charge is -2.38. The monoisotopic (exact) mass is 522 g/mol. The van der Waals surface area contributed by atoms with Crippen LogP contribution < -0.4 is 15.4 Å². The van der Waals surface area contributed by atoms with Gasteiger partial charge in [0.15, 0.2) is 19.7 Å². The molecule has 1 saturated heterocycles. The first-order valence-electron chi connectivity index (χ1n) is 13.1.